The number of methoxy groups -OCH3 is 1. The molecule has 6 heteroatoms. The van der Waals surface area contributed by atoms with Crippen molar-refractivity contribution >= 4 is 23.9 Å². The maximum absolute atomic E-state index is 12.1. The molecular weight excluding hydrogens is 310 g/mol. The number of carbonyl (C=O) groups excluding carboxylic acids is 2. The van der Waals surface area contributed by atoms with Crippen LogP contribution in [0.15, 0.2) is 35.3 Å². The van der Waals surface area contributed by atoms with Crippen LogP contribution in [0.1, 0.15) is 26.3 Å². The molecule has 1 amide bonds. The van der Waals surface area contributed by atoms with Crippen LogP contribution < -0.4 is 4.74 Å². The molecule has 0 aliphatic carbocycles. The SMILES string of the molecule is COc1ccc(/C=C/C2=NC(=O)C(C(C)(C)COC(C)=O)O2)cc1. The minimum atomic E-state index is -0.771. The lowest BCUT2D eigenvalue weighted by molar-refractivity contribution is -0.148. The standard InChI is InChI=1S/C18H21NO5/c1-12(20)23-11-18(2,3)16-17(21)19-15(24-16)10-7-13-5-8-14(22-4)9-6-13/h5-10,16H,11H2,1-4H3/b10-7+. The highest BCUT2D eigenvalue weighted by Gasteiger charge is 2.42. The molecule has 1 heterocycles. The first kappa shape index (κ1) is 17.7. The molecule has 0 aromatic heterocycles. The van der Waals surface area contributed by atoms with Crippen LogP contribution in [-0.2, 0) is 19.1 Å². The van der Waals surface area contributed by atoms with Crippen molar-refractivity contribution in [3.8, 4) is 5.75 Å². The number of hydrogen-bond acceptors (Lipinski definition) is 5. The predicted octanol–water partition coefficient (Wildman–Crippen LogP) is 2.62. The average Bonchev–Trinajstić information content (AvgIpc) is 2.93. The van der Waals surface area contributed by atoms with Crippen molar-refractivity contribution in [3.05, 3.63) is 35.9 Å². The van der Waals surface area contributed by atoms with E-state index in [1.54, 1.807) is 33.1 Å². The summed E-state index contributed by atoms with van der Waals surface area (Å²) in [7, 11) is 1.61. The summed E-state index contributed by atoms with van der Waals surface area (Å²) in [6.45, 7) is 5.00. The Morgan fingerprint density at radius 1 is 1.29 bits per heavy atom. The van der Waals surface area contributed by atoms with Gasteiger partial charge in [-0.15, -0.1) is 0 Å². The average molecular weight is 331 g/mol. The van der Waals surface area contributed by atoms with Gasteiger partial charge in [0.25, 0.3) is 5.91 Å². The molecule has 0 saturated carbocycles. The van der Waals surface area contributed by atoms with Crippen molar-refractivity contribution in [3.63, 3.8) is 0 Å². The smallest absolute Gasteiger partial charge is 0.302 e. The number of rotatable bonds is 6. The first-order valence-corrected chi connectivity index (χ1v) is 7.56. The Morgan fingerprint density at radius 2 is 1.96 bits per heavy atom. The van der Waals surface area contributed by atoms with Crippen LogP contribution in [0.3, 0.4) is 0 Å². The van der Waals surface area contributed by atoms with E-state index in [2.05, 4.69) is 4.99 Å². The van der Waals surface area contributed by atoms with E-state index in [-0.39, 0.29) is 18.4 Å². The van der Waals surface area contributed by atoms with E-state index in [0.717, 1.165) is 11.3 Å². The summed E-state index contributed by atoms with van der Waals surface area (Å²) in [5, 5.41) is 0. The Labute approximate surface area is 141 Å². The monoisotopic (exact) mass is 331 g/mol. The second-order valence-electron chi connectivity index (χ2n) is 6.16. The van der Waals surface area contributed by atoms with Gasteiger partial charge in [0.2, 0.25) is 5.90 Å². The van der Waals surface area contributed by atoms with Gasteiger partial charge in [-0.3, -0.25) is 9.59 Å². The molecule has 1 aromatic carbocycles. The van der Waals surface area contributed by atoms with Gasteiger partial charge in [0.1, 0.15) is 12.4 Å². The number of amides is 1. The minimum absolute atomic E-state index is 0.0870. The van der Waals surface area contributed by atoms with Gasteiger partial charge in [-0.1, -0.05) is 26.0 Å². The second-order valence-corrected chi connectivity index (χ2v) is 6.16. The Morgan fingerprint density at radius 3 is 2.54 bits per heavy atom. The Hall–Kier alpha value is -2.63. The van der Waals surface area contributed by atoms with Gasteiger partial charge < -0.3 is 14.2 Å². The van der Waals surface area contributed by atoms with Crippen molar-refractivity contribution in [2.24, 2.45) is 10.4 Å². The summed E-state index contributed by atoms with van der Waals surface area (Å²) < 4.78 is 15.7. The number of nitrogens with zero attached hydrogens (tertiary/aromatic N) is 1. The van der Waals surface area contributed by atoms with Crippen molar-refractivity contribution in [2.75, 3.05) is 13.7 Å². The van der Waals surface area contributed by atoms with Gasteiger partial charge in [-0.2, -0.15) is 4.99 Å². The van der Waals surface area contributed by atoms with E-state index in [0.29, 0.717) is 0 Å². The zero-order chi connectivity index (χ0) is 17.7. The number of hydrogen-bond donors (Lipinski definition) is 0. The summed E-state index contributed by atoms with van der Waals surface area (Å²) in [5.74, 6) is 0.247. The number of ether oxygens (including phenoxy) is 3. The van der Waals surface area contributed by atoms with Crippen LogP contribution in [0, 0.1) is 5.41 Å². The van der Waals surface area contributed by atoms with Gasteiger partial charge >= 0.3 is 5.97 Å². The lowest BCUT2D eigenvalue weighted by Crippen LogP contribution is -2.39. The fourth-order valence-electron chi connectivity index (χ4n) is 2.18. The topological polar surface area (TPSA) is 74.2 Å². The molecule has 0 spiro atoms. The fourth-order valence-corrected chi connectivity index (χ4v) is 2.18. The van der Waals surface area contributed by atoms with Crippen LogP contribution in [0.5, 0.6) is 5.75 Å². The van der Waals surface area contributed by atoms with Gasteiger partial charge in [-0.25, -0.2) is 0 Å². The number of aliphatic imine (C=N–C) groups is 1. The van der Waals surface area contributed by atoms with Gasteiger partial charge in [0.05, 0.1) is 7.11 Å². The second kappa shape index (κ2) is 7.29. The Balaban J connectivity index is 2.01. The molecule has 6 nitrogen and oxygen atoms in total. The number of carbonyl (C=O) groups is 2. The minimum Gasteiger partial charge on any atom is -0.497 e. The zero-order valence-electron chi connectivity index (χ0n) is 14.2. The maximum Gasteiger partial charge on any atom is 0.302 e. The summed E-state index contributed by atoms with van der Waals surface area (Å²) in [4.78, 5) is 26.9. The molecule has 2 rings (SSSR count). The maximum atomic E-state index is 12.1. The third kappa shape index (κ3) is 4.44. The molecule has 0 radical (unpaired) electrons. The lowest BCUT2D eigenvalue weighted by atomic mass is 9.87. The highest BCUT2D eigenvalue weighted by atomic mass is 16.5. The lowest BCUT2D eigenvalue weighted by Gasteiger charge is -2.28. The molecule has 24 heavy (non-hydrogen) atoms. The molecule has 0 N–H and O–H groups in total. The van der Waals surface area contributed by atoms with Crippen LogP contribution in [0.2, 0.25) is 0 Å². The zero-order valence-corrected chi connectivity index (χ0v) is 14.2. The fraction of sp³-hybridized carbons (Fsp3) is 0.389. The number of benzene rings is 1. The van der Waals surface area contributed by atoms with Crippen molar-refractivity contribution in [1.82, 2.24) is 0 Å². The van der Waals surface area contributed by atoms with E-state index < -0.39 is 17.5 Å². The molecule has 1 aliphatic heterocycles. The van der Waals surface area contributed by atoms with Gasteiger partial charge in [0.15, 0.2) is 6.10 Å². The summed E-state index contributed by atoms with van der Waals surface area (Å²) >= 11 is 0. The summed E-state index contributed by atoms with van der Waals surface area (Å²) in [6.07, 6.45) is 2.67. The molecule has 128 valence electrons. The molecule has 1 unspecified atom stereocenters. The largest absolute Gasteiger partial charge is 0.497 e. The van der Waals surface area contributed by atoms with E-state index in [1.165, 1.54) is 6.92 Å². The first-order chi connectivity index (χ1) is 11.3. The molecule has 1 atom stereocenters. The van der Waals surface area contributed by atoms with Gasteiger partial charge in [0, 0.05) is 18.4 Å². The third-order valence-electron chi connectivity index (χ3n) is 3.57. The van der Waals surface area contributed by atoms with Crippen LogP contribution in [-0.4, -0.2) is 37.6 Å². The van der Waals surface area contributed by atoms with Crippen LogP contribution >= 0.6 is 0 Å². The highest BCUT2D eigenvalue weighted by molar-refractivity contribution is 6.06. The van der Waals surface area contributed by atoms with Crippen molar-refractivity contribution in [1.29, 1.82) is 0 Å². The normalized spacial score (nSPS) is 17.6. The Bertz CT molecular complexity index is 673. The summed E-state index contributed by atoms with van der Waals surface area (Å²) in [6, 6.07) is 7.45. The van der Waals surface area contributed by atoms with E-state index in [9.17, 15) is 9.59 Å². The molecule has 0 saturated heterocycles. The highest BCUT2D eigenvalue weighted by Crippen LogP contribution is 2.29. The first-order valence-electron chi connectivity index (χ1n) is 7.56. The van der Waals surface area contributed by atoms with E-state index >= 15 is 0 Å². The van der Waals surface area contributed by atoms with E-state index in [4.69, 9.17) is 14.2 Å². The van der Waals surface area contributed by atoms with Crippen LogP contribution in [0.4, 0.5) is 0 Å². The molecule has 0 fully saturated rings. The number of esters is 1. The molecule has 0 bridgehead atoms. The third-order valence-corrected chi connectivity index (χ3v) is 3.57. The predicted molar refractivity (Wildman–Crippen MR) is 89.8 cm³/mol. The van der Waals surface area contributed by atoms with Crippen LogP contribution in [0.25, 0.3) is 6.08 Å². The Kier molecular flexibility index (Phi) is 5.39. The molecular formula is C18H21NO5. The molecule has 1 aromatic rings. The quantitative estimate of drug-likeness (QED) is 0.749. The van der Waals surface area contributed by atoms with Gasteiger partial charge in [-0.05, 0) is 23.8 Å². The molecule has 1 aliphatic rings. The summed E-state index contributed by atoms with van der Waals surface area (Å²) in [5.41, 5.74) is 0.263. The van der Waals surface area contributed by atoms with Crippen molar-refractivity contribution < 1.29 is 23.8 Å². The van der Waals surface area contributed by atoms with E-state index in [1.807, 2.05) is 24.3 Å². The van der Waals surface area contributed by atoms with Crippen molar-refractivity contribution in [2.45, 2.75) is 26.9 Å².